The van der Waals surface area contributed by atoms with E-state index in [1.54, 1.807) is 0 Å². The fraction of sp³-hybridized carbons (Fsp3) is 0.538. The maximum absolute atomic E-state index is 12.5. The minimum absolute atomic E-state index is 0.0598. The largest absolute Gasteiger partial charge is 0.495 e. The summed E-state index contributed by atoms with van der Waals surface area (Å²) in [5.41, 5.74) is 0. The van der Waals surface area contributed by atoms with E-state index in [1.165, 1.54) is 19.2 Å². The van der Waals surface area contributed by atoms with E-state index in [0.717, 1.165) is 31.7 Å². The Bertz CT molecular complexity index is 738. The van der Waals surface area contributed by atoms with Crippen LogP contribution in [0.3, 0.4) is 0 Å². The molecule has 0 aliphatic carbocycles. The van der Waals surface area contributed by atoms with Crippen molar-refractivity contribution < 1.29 is 21.6 Å². The first-order valence-corrected chi connectivity index (χ1v) is 10.2. The maximum atomic E-state index is 12.5. The number of benzene rings is 1. The summed E-state index contributed by atoms with van der Waals surface area (Å²) in [6.45, 7) is 1.42. The average Bonchev–Trinajstić information content (AvgIpc) is 2.46. The van der Waals surface area contributed by atoms with E-state index in [0.29, 0.717) is 6.54 Å². The second-order valence-corrected chi connectivity index (χ2v) is 8.95. The van der Waals surface area contributed by atoms with E-state index in [-0.39, 0.29) is 21.6 Å². The zero-order valence-corrected chi connectivity index (χ0v) is 14.1. The normalized spacial score (nSPS) is 19.8. The maximum Gasteiger partial charge on any atom is 0.244 e. The van der Waals surface area contributed by atoms with Gasteiger partial charge in [-0.25, -0.2) is 21.6 Å². The highest BCUT2D eigenvalue weighted by molar-refractivity contribution is 7.91. The minimum atomic E-state index is -3.86. The molecule has 1 aromatic carbocycles. The number of piperidine rings is 1. The van der Waals surface area contributed by atoms with Gasteiger partial charge < -0.3 is 10.1 Å². The number of hydrogen-bond donors (Lipinski definition) is 2. The van der Waals surface area contributed by atoms with Crippen LogP contribution in [-0.2, 0) is 19.9 Å². The third-order valence-corrected chi connectivity index (χ3v) is 6.12. The Kier molecular flexibility index (Phi) is 5.10. The van der Waals surface area contributed by atoms with Gasteiger partial charge in [-0.1, -0.05) is 0 Å². The predicted octanol–water partition coefficient (Wildman–Crippen LogP) is 0.129. The molecule has 0 saturated carbocycles. The molecule has 1 fully saturated rings. The summed E-state index contributed by atoms with van der Waals surface area (Å²) in [5.74, 6) is 0.115. The van der Waals surface area contributed by atoms with E-state index in [4.69, 9.17) is 4.74 Å². The number of rotatable bonds is 5. The molecular weight excluding hydrogens is 328 g/mol. The van der Waals surface area contributed by atoms with Gasteiger partial charge in [0.15, 0.2) is 9.84 Å². The van der Waals surface area contributed by atoms with Gasteiger partial charge in [0, 0.05) is 18.8 Å². The predicted molar refractivity (Wildman–Crippen MR) is 82.3 cm³/mol. The van der Waals surface area contributed by atoms with Gasteiger partial charge in [0.2, 0.25) is 10.0 Å². The van der Waals surface area contributed by atoms with Gasteiger partial charge in [-0.3, -0.25) is 0 Å². The number of methoxy groups -OCH3 is 1. The zero-order valence-electron chi connectivity index (χ0n) is 12.5. The lowest BCUT2D eigenvalue weighted by molar-refractivity contribution is 0.399. The van der Waals surface area contributed by atoms with Crippen LogP contribution in [0.15, 0.2) is 28.0 Å². The summed E-state index contributed by atoms with van der Waals surface area (Å²) in [5, 5.41) is 3.12. The second-order valence-electron chi connectivity index (χ2n) is 5.25. The van der Waals surface area contributed by atoms with Crippen molar-refractivity contribution >= 4 is 19.9 Å². The number of nitrogens with one attached hydrogen (secondary N) is 2. The van der Waals surface area contributed by atoms with Crippen LogP contribution < -0.4 is 14.8 Å². The number of ether oxygens (including phenoxy) is 1. The van der Waals surface area contributed by atoms with Crippen LogP contribution in [-0.4, -0.2) is 49.3 Å². The molecule has 9 heteroatoms. The SMILES string of the molecule is COc1ccc(S(C)(=O)=O)cc1S(=O)(=O)N[C@@H]1CCCNC1. The standard InChI is InChI=1S/C13H20N2O5S2/c1-20-12-6-5-11(21(2,16)17)8-13(12)22(18,19)15-10-4-3-7-14-9-10/h5-6,8,10,14-15H,3-4,7,9H2,1-2H3/t10-/m1/s1. The number of hydrogen-bond acceptors (Lipinski definition) is 6. The van der Waals surface area contributed by atoms with Crippen molar-refractivity contribution in [2.24, 2.45) is 0 Å². The van der Waals surface area contributed by atoms with Gasteiger partial charge in [0.1, 0.15) is 10.6 Å². The minimum Gasteiger partial charge on any atom is -0.495 e. The molecule has 0 unspecified atom stereocenters. The molecular formula is C13H20N2O5S2. The van der Waals surface area contributed by atoms with Crippen molar-refractivity contribution in [3.05, 3.63) is 18.2 Å². The van der Waals surface area contributed by atoms with E-state index < -0.39 is 19.9 Å². The fourth-order valence-corrected chi connectivity index (χ4v) is 4.52. The smallest absolute Gasteiger partial charge is 0.244 e. The zero-order chi connectivity index (χ0) is 16.4. The Labute approximate surface area is 131 Å². The summed E-state index contributed by atoms with van der Waals surface area (Å²) in [4.78, 5) is -0.223. The lowest BCUT2D eigenvalue weighted by atomic mass is 10.1. The molecule has 0 bridgehead atoms. The highest BCUT2D eigenvalue weighted by Gasteiger charge is 2.26. The average molecular weight is 348 g/mol. The summed E-state index contributed by atoms with van der Waals surface area (Å²) in [6, 6.07) is 3.59. The van der Waals surface area contributed by atoms with Crippen molar-refractivity contribution in [1.82, 2.24) is 10.0 Å². The molecule has 124 valence electrons. The number of sulfonamides is 1. The van der Waals surface area contributed by atoms with E-state index in [9.17, 15) is 16.8 Å². The quantitative estimate of drug-likeness (QED) is 0.784. The lowest BCUT2D eigenvalue weighted by Gasteiger charge is -2.24. The van der Waals surface area contributed by atoms with Crippen LogP contribution >= 0.6 is 0 Å². The summed E-state index contributed by atoms with van der Waals surface area (Å²) in [6.07, 6.45) is 2.65. The molecule has 0 radical (unpaired) electrons. The molecule has 2 N–H and O–H groups in total. The van der Waals surface area contributed by atoms with Crippen LogP contribution in [0, 0.1) is 0 Å². The molecule has 1 aliphatic rings. The highest BCUT2D eigenvalue weighted by atomic mass is 32.2. The molecule has 0 spiro atoms. The van der Waals surface area contributed by atoms with Crippen LogP contribution in [0.4, 0.5) is 0 Å². The molecule has 2 rings (SSSR count). The second kappa shape index (κ2) is 6.53. The molecule has 0 aromatic heterocycles. The Balaban J connectivity index is 2.39. The van der Waals surface area contributed by atoms with Gasteiger partial charge in [0.05, 0.1) is 12.0 Å². The summed E-state index contributed by atoms with van der Waals surface area (Å²) >= 11 is 0. The Morgan fingerprint density at radius 1 is 1.27 bits per heavy atom. The van der Waals surface area contributed by atoms with E-state index >= 15 is 0 Å². The summed E-state index contributed by atoms with van der Waals surface area (Å²) < 4.78 is 56.0. The Morgan fingerprint density at radius 2 is 2.00 bits per heavy atom. The first-order chi connectivity index (χ1) is 10.2. The van der Waals surface area contributed by atoms with Gasteiger partial charge >= 0.3 is 0 Å². The van der Waals surface area contributed by atoms with Crippen LogP contribution in [0.5, 0.6) is 5.75 Å². The monoisotopic (exact) mass is 348 g/mol. The van der Waals surface area contributed by atoms with Crippen LogP contribution in [0.1, 0.15) is 12.8 Å². The van der Waals surface area contributed by atoms with Crippen molar-refractivity contribution in [3.8, 4) is 5.75 Å². The van der Waals surface area contributed by atoms with Gasteiger partial charge in [-0.2, -0.15) is 0 Å². The first kappa shape index (κ1) is 17.2. The molecule has 1 atom stereocenters. The van der Waals surface area contributed by atoms with Gasteiger partial charge in [-0.15, -0.1) is 0 Å². The van der Waals surface area contributed by atoms with Crippen LogP contribution in [0.25, 0.3) is 0 Å². The lowest BCUT2D eigenvalue weighted by Crippen LogP contribution is -2.45. The molecule has 1 saturated heterocycles. The van der Waals surface area contributed by atoms with E-state index in [1.807, 2.05) is 0 Å². The molecule has 7 nitrogen and oxygen atoms in total. The van der Waals surface area contributed by atoms with E-state index in [2.05, 4.69) is 10.0 Å². The van der Waals surface area contributed by atoms with Gasteiger partial charge in [0.25, 0.3) is 0 Å². The van der Waals surface area contributed by atoms with Crippen molar-refractivity contribution in [3.63, 3.8) is 0 Å². The molecule has 1 aliphatic heterocycles. The first-order valence-electron chi connectivity index (χ1n) is 6.85. The Hall–Kier alpha value is -1.16. The van der Waals surface area contributed by atoms with Crippen LogP contribution in [0.2, 0.25) is 0 Å². The third kappa shape index (κ3) is 3.97. The number of sulfone groups is 1. The summed E-state index contributed by atoms with van der Waals surface area (Å²) in [7, 11) is -6.02. The third-order valence-electron chi connectivity index (χ3n) is 3.47. The van der Waals surface area contributed by atoms with Crippen molar-refractivity contribution in [2.45, 2.75) is 28.7 Å². The molecule has 0 amide bonds. The topological polar surface area (TPSA) is 102 Å². The molecule has 1 aromatic rings. The Morgan fingerprint density at radius 3 is 2.55 bits per heavy atom. The highest BCUT2D eigenvalue weighted by Crippen LogP contribution is 2.27. The fourth-order valence-electron chi connectivity index (χ4n) is 2.33. The van der Waals surface area contributed by atoms with Gasteiger partial charge in [-0.05, 0) is 37.6 Å². The molecule has 1 heterocycles. The molecule has 22 heavy (non-hydrogen) atoms. The van der Waals surface area contributed by atoms with Crippen molar-refractivity contribution in [1.29, 1.82) is 0 Å². The van der Waals surface area contributed by atoms with Crippen molar-refractivity contribution in [2.75, 3.05) is 26.5 Å².